The van der Waals surface area contributed by atoms with Gasteiger partial charge >= 0.3 is 0 Å². The zero-order chi connectivity index (χ0) is 20.4. The van der Waals surface area contributed by atoms with Crippen molar-refractivity contribution in [2.45, 2.75) is 6.67 Å². The lowest BCUT2D eigenvalue weighted by Gasteiger charge is -2.27. The number of methoxy groups -OCH3 is 3. The Labute approximate surface area is 171 Å². The van der Waals surface area contributed by atoms with Crippen LogP contribution < -0.4 is 34.0 Å². The van der Waals surface area contributed by atoms with Crippen LogP contribution in [-0.4, -0.2) is 32.6 Å². The van der Waals surface area contributed by atoms with Crippen molar-refractivity contribution in [3.8, 4) is 17.2 Å². The molecule has 0 spiro atoms. The molecule has 7 nitrogen and oxygen atoms in total. The van der Waals surface area contributed by atoms with Crippen molar-refractivity contribution in [3.63, 3.8) is 0 Å². The zero-order valence-electron chi connectivity index (χ0n) is 16.4. The van der Waals surface area contributed by atoms with Crippen molar-refractivity contribution < 1.29 is 14.2 Å². The number of anilines is 1. The van der Waals surface area contributed by atoms with Crippen molar-refractivity contribution in [3.05, 3.63) is 67.7 Å². The summed E-state index contributed by atoms with van der Waals surface area (Å²) in [6.45, 7) is 0.832. The van der Waals surface area contributed by atoms with Gasteiger partial charge in [-0.05, 0) is 11.6 Å². The second-order valence-corrected chi connectivity index (χ2v) is 7.41. The fraction of sp³-hybridized carbons (Fsp3) is 0.238. The molecule has 1 aliphatic rings. The van der Waals surface area contributed by atoms with Gasteiger partial charge in [-0.3, -0.25) is 9.36 Å². The summed E-state index contributed by atoms with van der Waals surface area (Å²) in [6.07, 6.45) is 1.90. The van der Waals surface area contributed by atoms with Crippen molar-refractivity contribution in [1.82, 2.24) is 4.57 Å². The maximum atomic E-state index is 12.9. The Kier molecular flexibility index (Phi) is 5.26. The highest BCUT2D eigenvalue weighted by Crippen LogP contribution is 2.41. The van der Waals surface area contributed by atoms with Crippen LogP contribution in [0.1, 0.15) is 5.56 Å². The van der Waals surface area contributed by atoms with Crippen molar-refractivity contribution in [2.24, 2.45) is 4.99 Å². The number of benzene rings is 2. The molecule has 0 saturated heterocycles. The Morgan fingerprint density at radius 1 is 1.03 bits per heavy atom. The number of fused-ring (bicyclic) bond motifs is 1. The molecule has 0 unspecified atom stereocenters. The fourth-order valence-electron chi connectivity index (χ4n) is 3.23. The van der Waals surface area contributed by atoms with E-state index >= 15 is 0 Å². The van der Waals surface area contributed by atoms with E-state index < -0.39 is 0 Å². The third kappa shape index (κ3) is 3.58. The van der Waals surface area contributed by atoms with Crippen LogP contribution >= 0.6 is 11.3 Å². The van der Waals surface area contributed by atoms with Crippen LogP contribution in [0.2, 0.25) is 0 Å². The first-order valence-corrected chi connectivity index (χ1v) is 9.82. The molecular weight excluding hydrogens is 390 g/mol. The first kappa shape index (κ1) is 19.1. The largest absolute Gasteiger partial charge is 0.493 e. The van der Waals surface area contributed by atoms with Crippen LogP contribution in [0.25, 0.3) is 6.08 Å². The number of rotatable bonds is 5. The van der Waals surface area contributed by atoms with E-state index in [0.717, 1.165) is 16.1 Å². The smallest absolute Gasteiger partial charge is 0.271 e. The summed E-state index contributed by atoms with van der Waals surface area (Å²) in [5.74, 6) is 1.65. The minimum atomic E-state index is -0.0465. The van der Waals surface area contributed by atoms with Gasteiger partial charge in [0.2, 0.25) is 5.75 Å². The molecule has 29 heavy (non-hydrogen) atoms. The van der Waals surface area contributed by atoms with E-state index in [9.17, 15) is 4.79 Å². The highest BCUT2D eigenvalue weighted by atomic mass is 32.1. The van der Waals surface area contributed by atoms with E-state index in [0.29, 0.717) is 35.1 Å². The SMILES string of the molecule is COc1cc(N2CN=c3sc(=Cc4ccccc4)c(=O)n3C2)cc(OC)c1OC. The van der Waals surface area contributed by atoms with E-state index in [4.69, 9.17) is 14.2 Å². The summed E-state index contributed by atoms with van der Waals surface area (Å²) >= 11 is 1.41. The monoisotopic (exact) mass is 411 g/mol. The van der Waals surface area contributed by atoms with Gasteiger partial charge in [0.15, 0.2) is 16.3 Å². The quantitative estimate of drug-likeness (QED) is 0.641. The van der Waals surface area contributed by atoms with E-state index in [1.807, 2.05) is 53.4 Å². The van der Waals surface area contributed by atoms with Gasteiger partial charge in [-0.2, -0.15) is 0 Å². The van der Waals surface area contributed by atoms with E-state index in [2.05, 4.69) is 4.99 Å². The second-order valence-electron chi connectivity index (χ2n) is 6.40. The maximum absolute atomic E-state index is 12.9. The first-order valence-electron chi connectivity index (χ1n) is 9.00. The Balaban J connectivity index is 1.72. The molecule has 0 fully saturated rings. The Morgan fingerprint density at radius 2 is 1.72 bits per heavy atom. The second kappa shape index (κ2) is 8.00. The lowest BCUT2D eigenvalue weighted by molar-refractivity contribution is 0.324. The molecule has 150 valence electrons. The summed E-state index contributed by atoms with van der Waals surface area (Å²) in [5.41, 5.74) is 1.78. The van der Waals surface area contributed by atoms with Gasteiger partial charge in [0, 0.05) is 17.8 Å². The third-order valence-corrected chi connectivity index (χ3v) is 5.73. The summed E-state index contributed by atoms with van der Waals surface area (Å²) in [6, 6.07) is 13.5. The van der Waals surface area contributed by atoms with Crippen molar-refractivity contribution in [2.75, 3.05) is 32.9 Å². The van der Waals surface area contributed by atoms with E-state index in [-0.39, 0.29) is 5.56 Å². The van der Waals surface area contributed by atoms with Crippen LogP contribution in [0, 0.1) is 0 Å². The van der Waals surface area contributed by atoms with E-state index in [1.165, 1.54) is 11.3 Å². The van der Waals surface area contributed by atoms with Gasteiger partial charge in [-0.1, -0.05) is 41.7 Å². The topological polar surface area (TPSA) is 65.3 Å². The Hall–Kier alpha value is -3.26. The fourth-order valence-corrected chi connectivity index (χ4v) is 4.19. The average molecular weight is 411 g/mol. The molecule has 8 heteroatoms. The molecule has 3 aromatic rings. The van der Waals surface area contributed by atoms with Crippen LogP contribution in [0.3, 0.4) is 0 Å². The molecule has 0 amide bonds. The molecule has 0 atom stereocenters. The zero-order valence-corrected chi connectivity index (χ0v) is 17.2. The number of nitrogens with zero attached hydrogens (tertiary/aromatic N) is 3. The normalized spacial score (nSPS) is 13.6. The number of thiazole rings is 1. The lowest BCUT2D eigenvalue weighted by atomic mass is 10.2. The summed E-state index contributed by atoms with van der Waals surface area (Å²) in [4.78, 5) is 20.2. The lowest BCUT2D eigenvalue weighted by Crippen LogP contribution is -2.42. The maximum Gasteiger partial charge on any atom is 0.271 e. The number of hydrogen-bond donors (Lipinski definition) is 0. The van der Waals surface area contributed by atoms with Gasteiger partial charge in [0.1, 0.15) is 13.3 Å². The van der Waals surface area contributed by atoms with E-state index in [1.54, 1.807) is 25.9 Å². The highest BCUT2D eigenvalue weighted by Gasteiger charge is 2.20. The van der Waals surface area contributed by atoms with Crippen LogP contribution in [0.5, 0.6) is 17.2 Å². The molecule has 1 aromatic heterocycles. The standard InChI is InChI=1S/C21H21N3O4S/c1-26-16-10-15(11-17(27-2)19(16)28-3)23-12-22-21-24(13-23)20(25)18(29-21)9-14-7-5-4-6-8-14/h4-11H,12-13H2,1-3H3. The average Bonchev–Trinajstić information content (AvgIpc) is 3.08. The molecule has 0 saturated carbocycles. The summed E-state index contributed by atoms with van der Waals surface area (Å²) in [7, 11) is 4.72. The molecule has 2 aromatic carbocycles. The Bertz CT molecular complexity index is 1180. The number of hydrogen-bond acceptors (Lipinski definition) is 7. The van der Waals surface area contributed by atoms with Crippen molar-refractivity contribution in [1.29, 1.82) is 0 Å². The molecular formula is C21H21N3O4S. The molecule has 0 bridgehead atoms. The minimum Gasteiger partial charge on any atom is -0.493 e. The predicted octanol–water partition coefficient (Wildman–Crippen LogP) is 1.82. The van der Waals surface area contributed by atoms with Gasteiger partial charge in [-0.25, -0.2) is 4.99 Å². The number of ether oxygens (including phenoxy) is 3. The summed E-state index contributed by atoms with van der Waals surface area (Å²) in [5, 5.41) is 0. The molecule has 4 rings (SSSR count). The van der Waals surface area contributed by atoms with Gasteiger partial charge in [0.25, 0.3) is 5.56 Å². The predicted molar refractivity (Wildman–Crippen MR) is 113 cm³/mol. The van der Waals surface area contributed by atoms with Crippen LogP contribution in [0.4, 0.5) is 5.69 Å². The summed E-state index contributed by atoms with van der Waals surface area (Å²) < 4.78 is 18.6. The van der Waals surface area contributed by atoms with Gasteiger partial charge in [0.05, 0.1) is 25.9 Å². The number of aromatic nitrogens is 1. The molecule has 0 N–H and O–H groups in total. The first-order chi connectivity index (χ1) is 14.1. The van der Waals surface area contributed by atoms with Crippen molar-refractivity contribution >= 4 is 23.1 Å². The minimum absolute atomic E-state index is 0.0465. The molecule has 2 heterocycles. The Morgan fingerprint density at radius 3 is 2.34 bits per heavy atom. The third-order valence-electron chi connectivity index (χ3n) is 4.69. The van der Waals surface area contributed by atoms with Gasteiger partial charge in [-0.15, -0.1) is 0 Å². The van der Waals surface area contributed by atoms with Gasteiger partial charge < -0.3 is 19.1 Å². The highest BCUT2D eigenvalue weighted by molar-refractivity contribution is 7.07. The molecule has 0 radical (unpaired) electrons. The van der Waals surface area contributed by atoms with Crippen LogP contribution in [-0.2, 0) is 6.67 Å². The molecule has 0 aliphatic carbocycles. The van der Waals surface area contributed by atoms with Crippen LogP contribution in [0.15, 0.2) is 52.3 Å². The molecule has 1 aliphatic heterocycles.